The van der Waals surface area contributed by atoms with Crippen LogP contribution >= 0.6 is 0 Å². The van der Waals surface area contributed by atoms with Crippen LogP contribution < -0.4 is 19.7 Å². The highest BCUT2D eigenvalue weighted by Gasteiger charge is 2.23. The van der Waals surface area contributed by atoms with Gasteiger partial charge in [-0.15, -0.1) is 0 Å². The molecular formula is C32H38N6O5S. The van der Waals surface area contributed by atoms with Crippen molar-refractivity contribution < 1.29 is 22.7 Å². The first-order chi connectivity index (χ1) is 21.0. The van der Waals surface area contributed by atoms with Crippen LogP contribution in [0.1, 0.15) is 40.5 Å². The number of fused-ring (bicyclic) bond motifs is 1. The number of amides is 1. The lowest BCUT2D eigenvalue weighted by molar-refractivity contribution is 0.0947. The van der Waals surface area contributed by atoms with Crippen molar-refractivity contribution in [2.75, 3.05) is 45.5 Å². The van der Waals surface area contributed by atoms with Gasteiger partial charge in [0, 0.05) is 57.1 Å². The molecule has 4 aromatic rings. The van der Waals surface area contributed by atoms with Crippen LogP contribution in [0.15, 0.2) is 54.9 Å². The number of rotatable bonds is 10. The van der Waals surface area contributed by atoms with E-state index in [1.54, 1.807) is 26.6 Å². The summed E-state index contributed by atoms with van der Waals surface area (Å²) in [4.78, 5) is 24.8. The van der Waals surface area contributed by atoms with Crippen LogP contribution in [-0.4, -0.2) is 73.8 Å². The van der Waals surface area contributed by atoms with Gasteiger partial charge in [0.05, 0.1) is 32.3 Å². The molecule has 232 valence electrons. The first kappa shape index (κ1) is 31.0. The number of anilines is 2. The second kappa shape index (κ2) is 12.7. The fraction of sp³-hybridized carbons (Fsp3) is 0.344. The number of carbonyl (C=O) groups excluding carboxylic acids is 1. The zero-order valence-electron chi connectivity index (χ0n) is 25.9. The average Bonchev–Trinajstić information content (AvgIpc) is 3.42. The van der Waals surface area contributed by atoms with Crippen molar-refractivity contribution in [3.8, 4) is 11.5 Å². The van der Waals surface area contributed by atoms with E-state index in [0.29, 0.717) is 42.3 Å². The second-order valence-electron chi connectivity index (χ2n) is 10.8. The Labute approximate surface area is 258 Å². The molecule has 5 rings (SSSR count). The zero-order valence-corrected chi connectivity index (χ0v) is 26.7. The van der Waals surface area contributed by atoms with Crippen LogP contribution in [0.25, 0.3) is 16.6 Å². The van der Waals surface area contributed by atoms with Gasteiger partial charge in [0.2, 0.25) is 10.0 Å². The number of methoxy groups -OCH3 is 2. The zero-order chi connectivity index (χ0) is 31.6. The lowest BCUT2D eigenvalue weighted by Gasteiger charge is -2.26. The van der Waals surface area contributed by atoms with Gasteiger partial charge in [0.15, 0.2) is 5.69 Å². The summed E-state index contributed by atoms with van der Waals surface area (Å²) in [5, 5.41) is 2.98. The van der Waals surface area contributed by atoms with Gasteiger partial charge in [-0.05, 0) is 53.8 Å². The van der Waals surface area contributed by atoms with Gasteiger partial charge in [0.1, 0.15) is 22.8 Å². The SMILES string of the molecule is CCc1cc(C2=CCN(S(C)(=O)=O)CC2)ccc1N(C)c1cc2c(ncn2C)c(C(=O)NCc2ccc(OC)cc2OC)n1. The van der Waals surface area contributed by atoms with Gasteiger partial charge >= 0.3 is 0 Å². The Morgan fingerprint density at radius 3 is 2.55 bits per heavy atom. The molecular weight excluding hydrogens is 580 g/mol. The molecule has 11 nitrogen and oxygen atoms in total. The van der Waals surface area contributed by atoms with Crippen LogP contribution in [0.3, 0.4) is 0 Å². The molecule has 1 aliphatic heterocycles. The Morgan fingerprint density at radius 2 is 1.89 bits per heavy atom. The van der Waals surface area contributed by atoms with E-state index in [1.165, 1.54) is 10.6 Å². The van der Waals surface area contributed by atoms with Crippen LogP contribution in [0, 0.1) is 0 Å². The highest BCUT2D eigenvalue weighted by molar-refractivity contribution is 7.88. The van der Waals surface area contributed by atoms with E-state index < -0.39 is 10.0 Å². The van der Waals surface area contributed by atoms with Crippen LogP contribution in [-0.2, 0) is 30.0 Å². The van der Waals surface area contributed by atoms with Crippen LogP contribution in [0.2, 0.25) is 0 Å². The number of hydrogen-bond donors (Lipinski definition) is 1. The maximum absolute atomic E-state index is 13.5. The molecule has 0 saturated carbocycles. The van der Waals surface area contributed by atoms with Gasteiger partial charge in [0.25, 0.3) is 5.91 Å². The third-order valence-corrected chi connectivity index (χ3v) is 9.29. The predicted octanol–water partition coefficient (Wildman–Crippen LogP) is 4.29. The summed E-state index contributed by atoms with van der Waals surface area (Å²) in [7, 11) is 3.78. The number of benzene rings is 2. The molecule has 44 heavy (non-hydrogen) atoms. The van der Waals surface area contributed by atoms with E-state index in [9.17, 15) is 13.2 Å². The smallest absolute Gasteiger partial charge is 0.272 e. The maximum atomic E-state index is 13.5. The number of nitrogens with one attached hydrogen (secondary N) is 1. The largest absolute Gasteiger partial charge is 0.497 e. The minimum atomic E-state index is -3.21. The van der Waals surface area contributed by atoms with Crippen molar-refractivity contribution in [1.82, 2.24) is 24.2 Å². The third kappa shape index (κ3) is 6.27. The summed E-state index contributed by atoms with van der Waals surface area (Å²) in [5.41, 5.74) is 6.63. The Bertz CT molecular complexity index is 1850. The fourth-order valence-corrected chi connectivity index (χ4v) is 6.20. The summed E-state index contributed by atoms with van der Waals surface area (Å²) in [6.07, 6.45) is 6.35. The van der Waals surface area contributed by atoms with Gasteiger partial charge in [-0.3, -0.25) is 4.79 Å². The molecule has 0 bridgehead atoms. The molecule has 0 aliphatic carbocycles. The lowest BCUT2D eigenvalue weighted by Crippen LogP contribution is -2.33. The molecule has 1 N–H and O–H groups in total. The molecule has 0 unspecified atom stereocenters. The summed E-state index contributed by atoms with van der Waals surface area (Å²) in [5.74, 6) is 1.54. The second-order valence-corrected chi connectivity index (χ2v) is 12.8. The molecule has 1 amide bonds. The quantitative estimate of drug-likeness (QED) is 0.280. The number of aromatic nitrogens is 3. The van der Waals surface area contributed by atoms with E-state index in [0.717, 1.165) is 39.9 Å². The standard InChI is InChI=1S/C32H38N6O5S/c1-7-21-16-23(22-12-14-38(15-13-22)44(6,40)41)9-11-26(21)37(3)29-18-27-30(34-20-36(27)2)31(35-29)32(39)33-19-24-8-10-25(42-4)17-28(24)43-5/h8-12,16-18,20H,7,13-15,19H2,1-6H3,(H,33,39). The average molecular weight is 619 g/mol. The molecule has 1 aliphatic rings. The summed E-state index contributed by atoms with van der Waals surface area (Å²) >= 11 is 0. The maximum Gasteiger partial charge on any atom is 0.272 e. The van der Waals surface area contributed by atoms with Gasteiger partial charge < -0.3 is 24.3 Å². The first-order valence-electron chi connectivity index (χ1n) is 14.4. The molecule has 0 fully saturated rings. The molecule has 0 radical (unpaired) electrons. The van der Waals surface area contributed by atoms with Crippen molar-refractivity contribution >= 4 is 44.0 Å². The Balaban J connectivity index is 1.43. The molecule has 2 aromatic carbocycles. The van der Waals surface area contributed by atoms with E-state index in [-0.39, 0.29) is 18.1 Å². The highest BCUT2D eigenvalue weighted by Crippen LogP contribution is 2.33. The summed E-state index contributed by atoms with van der Waals surface area (Å²) < 4.78 is 38.0. The molecule has 0 saturated heterocycles. The highest BCUT2D eigenvalue weighted by atomic mass is 32.2. The van der Waals surface area contributed by atoms with E-state index >= 15 is 0 Å². The number of aryl methyl sites for hydroxylation is 2. The van der Waals surface area contributed by atoms with Gasteiger partial charge in [-0.25, -0.2) is 18.4 Å². The Kier molecular flexibility index (Phi) is 8.93. The Morgan fingerprint density at radius 1 is 1.09 bits per heavy atom. The number of carbonyl (C=O) groups is 1. The molecule has 2 aromatic heterocycles. The van der Waals surface area contributed by atoms with Crippen molar-refractivity contribution in [3.63, 3.8) is 0 Å². The topological polar surface area (TPSA) is 119 Å². The number of sulfonamides is 1. The molecule has 12 heteroatoms. The minimum Gasteiger partial charge on any atom is -0.497 e. The first-order valence-corrected chi connectivity index (χ1v) is 16.2. The summed E-state index contributed by atoms with van der Waals surface area (Å²) in [6.45, 7) is 3.18. The van der Waals surface area contributed by atoms with Crippen molar-refractivity contribution in [1.29, 1.82) is 0 Å². The van der Waals surface area contributed by atoms with Crippen molar-refractivity contribution in [2.45, 2.75) is 26.3 Å². The molecule has 3 heterocycles. The third-order valence-electron chi connectivity index (χ3n) is 8.02. The molecule has 0 spiro atoms. The van der Waals surface area contributed by atoms with E-state index in [4.69, 9.17) is 14.5 Å². The number of nitrogens with zero attached hydrogens (tertiary/aromatic N) is 5. The van der Waals surface area contributed by atoms with Crippen molar-refractivity contribution in [2.24, 2.45) is 7.05 Å². The monoisotopic (exact) mass is 618 g/mol. The number of ether oxygens (including phenoxy) is 2. The number of hydrogen-bond acceptors (Lipinski definition) is 8. The summed E-state index contributed by atoms with van der Waals surface area (Å²) in [6, 6.07) is 13.7. The van der Waals surface area contributed by atoms with E-state index in [2.05, 4.69) is 35.4 Å². The molecule has 0 atom stereocenters. The van der Waals surface area contributed by atoms with E-state index in [1.807, 2.05) is 47.8 Å². The van der Waals surface area contributed by atoms with Gasteiger partial charge in [-0.2, -0.15) is 4.31 Å². The van der Waals surface area contributed by atoms with Gasteiger partial charge in [-0.1, -0.05) is 19.1 Å². The minimum absolute atomic E-state index is 0.231. The van der Waals surface area contributed by atoms with Crippen LogP contribution in [0.5, 0.6) is 11.5 Å². The number of pyridine rings is 1. The normalized spacial score (nSPS) is 13.9. The fourth-order valence-electron chi connectivity index (χ4n) is 5.43. The Hall–Kier alpha value is -4.42. The van der Waals surface area contributed by atoms with Crippen molar-refractivity contribution in [3.05, 3.63) is 77.3 Å². The lowest BCUT2D eigenvalue weighted by atomic mass is 9.96. The van der Waals surface area contributed by atoms with Crippen LogP contribution in [0.4, 0.5) is 11.5 Å². The predicted molar refractivity (Wildman–Crippen MR) is 172 cm³/mol. The number of imidazole rings is 1.